The number of hydrogen-bond acceptors (Lipinski definition) is 3. The van der Waals surface area contributed by atoms with Crippen LogP contribution in [-0.4, -0.2) is 47.4 Å². The monoisotopic (exact) mass is 550 g/mol. The van der Waals surface area contributed by atoms with E-state index in [4.69, 9.17) is 5.73 Å². The maximum absolute atomic E-state index is 13.1. The Kier molecular flexibility index (Phi) is 9.63. The zero-order valence-corrected chi connectivity index (χ0v) is 20.4. The third-order valence-electron chi connectivity index (χ3n) is 4.98. The Morgan fingerprint density at radius 1 is 1.22 bits per heavy atom. The molecule has 0 aliphatic carbocycles. The van der Waals surface area contributed by atoms with E-state index in [1.165, 1.54) is 12.1 Å². The van der Waals surface area contributed by atoms with Crippen molar-refractivity contribution in [3.05, 3.63) is 78.0 Å². The third-order valence-corrected chi connectivity index (χ3v) is 4.98. The number of aromatic amines is 1. The third kappa shape index (κ3) is 7.04. The van der Waals surface area contributed by atoms with E-state index >= 15 is 0 Å². The Balaban J connectivity index is 0.00000363. The van der Waals surface area contributed by atoms with Crippen LogP contribution in [-0.2, 0) is 17.8 Å². The largest absolute Gasteiger partial charge is 0.369 e. The van der Waals surface area contributed by atoms with Crippen LogP contribution in [0.1, 0.15) is 11.4 Å². The molecule has 0 saturated heterocycles. The van der Waals surface area contributed by atoms with E-state index in [1.807, 2.05) is 42.3 Å². The van der Waals surface area contributed by atoms with E-state index in [-0.39, 0.29) is 29.8 Å². The highest BCUT2D eigenvalue weighted by molar-refractivity contribution is 14.0. The zero-order chi connectivity index (χ0) is 22.2. The van der Waals surface area contributed by atoms with E-state index in [2.05, 4.69) is 20.3 Å². The van der Waals surface area contributed by atoms with Gasteiger partial charge in [0.25, 0.3) is 0 Å². The fourth-order valence-corrected chi connectivity index (χ4v) is 3.28. The van der Waals surface area contributed by atoms with Crippen LogP contribution in [0.4, 0.5) is 4.39 Å². The highest BCUT2D eigenvalue weighted by Crippen LogP contribution is 2.16. The maximum atomic E-state index is 13.1. The molecule has 4 N–H and O–H groups in total. The van der Waals surface area contributed by atoms with Gasteiger partial charge in [-0.15, -0.1) is 24.0 Å². The normalized spacial score (nSPS) is 12.0. The molecular formula is C23H28FIN6O. The molecule has 0 aliphatic rings. The van der Waals surface area contributed by atoms with Gasteiger partial charge in [-0.05, 0) is 29.7 Å². The second-order valence-corrected chi connectivity index (χ2v) is 7.32. The number of nitrogens with two attached hydrogens (primary N) is 1. The lowest BCUT2D eigenvalue weighted by molar-refractivity contribution is -0.121. The Labute approximate surface area is 204 Å². The summed E-state index contributed by atoms with van der Waals surface area (Å²) in [5, 5.41) is 3.20. The number of halogens is 2. The van der Waals surface area contributed by atoms with Gasteiger partial charge < -0.3 is 20.9 Å². The van der Waals surface area contributed by atoms with E-state index < -0.39 is 11.8 Å². The van der Waals surface area contributed by atoms with E-state index in [0.717, 1.165) is 22.6 Å². The van der Waals surface area contributed by atoms with Crippen LogP contribution in [0, 0.1) is 11.7 Å². The highest BCUT2D eigenvalue weighted by atomic mass is 127. The number of hydrogen-bond donors (Lipinski definition) is 3. The number of benzene rings is 2. The minimum absolute atomic E-state index is 0. The van der Waals surface area contributed by atoms with Crippen LogP contribution >= 0.6 is 24.0 Å². The van der Waals surface area contributed by atoms with E-state index in [1.54, 1.807) is 25.4 Å². The van der Waals surface area contributed by atoms with Crippen molar-refractivity contribution < 1.29 is 9.18 Å². The Morgan fingerprint density at radius 3 is 2.53 bits per heavy atom. The van der Waals surface area contributed by atoms with Crippen LogP contribution in [0.5, 0.6) is 0 Å². The molecule has 0 saturated carbocycles. The number of primary amides is 1. The number of imidazole rings is 1. The molecule has 32 heavy (non-hydrogen) atoms. The molecule has 1 atom stereocenters. The predicted octanol–water partition coefficient (Wildman–Crippen LogP) is 3.19. The van der Waals surface area contributed by atoms with Gasteiger partial charge in [-0.25, -0.2) is 9.37 Å². The van der Waals surface area contributed by atoms with Gasteiger partial charge in [0.15, 0.2) is 5.96 Å². The summed E-state index contributed by atoms with van der Waals surface area (Å²) in [6, 6.07) is 16.0. The average molecular weight is 550 g/mol. The molecule has 0 fully saturated rings. The lowest BCUT2D eigenvalue weighted by atomic mass is 9.98. The molecule has 1 aromatic heterocycles. The zero-order valence-electron chi connectivity index (χ0n) is 18.1. The summed E-state index contributed by atoms with van der Waals surface area (Å²) >= 11 is 0. The minimum atomic E-state index is -0.455. The SMILES string of the molecule is CN=C(NCC(Cc1ccc(F)cc1)C(N)=O)N(C)Cc1ncc(-c2ccccc2)[nH]1.I. The Hall–Kier alpha value is -2.95. The van der Waals surface area contributed by atoms with Crippen molar-refractivity contribution in [3.8, 4) is 11.3 Å². The maximum Gasteiger partial charge on any atom is 0.222 e. The minimum Gasteiger partial charge on any atom is -0.369 e. The first kappa shape index (κ1) is 25.3. The summed E-state index contributed by atoms with van der Waals surface area (Å²) in [6.45, 7) is 0.822. The topological polar surface area (TPSA) is 99.4 Å². The van der Waals surface area contributed by atoms with Gasteiger partial charge in [-0.1, -0.05) is 42.5 Å². The van der Waals surface area contributed by atoms with Gasteiger partial charge >= 0.3 is 0 Å². The van der Waals surface area contributed by atoms with Gasteiger partial charge in [0, 0.05) is 20.6 Å². The van der Waals surface area contributed by atoms with E-state index in [9.17, 15) is 9.18 Å². The molecule has 0 aliphatic heterocycles. The van der Waals surface area contributed by atoms with Crippen molar-refractivity contribution in [3.63, 3.8) is 0 Å². The molecule has 0 spiro atoms. The van der Waals surface area contributed by atoms with Crippen molar-refractivity contribution in [1.82, 2.24) is 20.2 Å². The van der Waals surface area contributed by atoms with Crippen molar-refractivity contribution in [2.75, 3.05) is 20.6 Å². The smallest absolute Gasteiger partial charge is 0.222 e. The molecule has 2 aromatic carbocycles. The van der Waals surface area contributed by atoms with E-state index in [0.29, 0.717) is 25.5 Å². The van der Waals surface area contributed by atoms with Crippen LogP contribution < -0.4 is 11.1 Å². The summed E-state index contributed by atoms with van der Waals surface area (Å²) in [4.78, 5) is 25.9. The quantitative estimate of drug-likeness (QED) is 0.228. The van der Waals surface area contributed by atoms with Gasteiger partial charge in [-0.3, -0.25) is 9.79 Å². The van der Waals surface area contributed by atoms with Crippen LogP contribution in [0.15, 0.2) is 65.8 Å². The first-order valence-corrected chi connectivity index (χ1v) is 10.0. The van der Waals surface area contributed by atoms with Crippen molar-refractivity contribution in [1.29, 1.82) is 0 Å². The summed E-state index contributed by atoms with van der Waals surface area (Å²) < 4.78 is 13.1. The summed E-state index contributed by atoms with van der Waals surface area (Å²) in [7, 11) is 3.56. The van der Waals surface area contributed by atoms with Crippen LogP contribution in [0.2, 0.25) is 0 Å². The number of H-pyrrole nitrogens is 1. The number of aliphatic imine (C=N–C) groups is 1. The molecule has 170 valence electrons. The van der Waals surface area contributed by atoms with Crippen molar-refractivity contribution >= 4 is 35.8 Å². The number of rotatable bonds is 8. The molecule has 7 nitrogen and oxygen atoms in total. The molecule has 3 rings (SSSR count). The standard InChI is InChI=1S/C23H27FN6O.HI/c1-26-23(28-13-18(22(25)31)12-16-8-10-19(24)11-9-16)30(2)15-21-27-14-20(29-21)17-6-4-3-5-7-17;/h3-11,14,18H,12-13,15H2,1-2H3,(H2,25,31)(H,26,28)(H,27,29);1H. The van der Waals surface area contributed by atoms with Crippen molar-refractivity contribution in [2.45, 2.75) is 13.0 Å². The Morgan fingerprint density at radius 2 is 1.91 bits per heavy atom. The Bertz CT molecular complexity index is 1020. The second-order valence-electron chi connectivity index (χ2n) is 7.32. The molecule has 3 aromatic rings. The lowest BCUT2D eigenvalue weighted by Gasteiger charge is -2.23. The number of nitrogens with one attached hydrogen (secondary N) is 2. The first-order chi connectivity index (χ1) is 15.0. The molecular weight excluding hydrogens is 522 g/mol. The molecule has 1 amide bonds. The van der Waals surface area contributed by atoms with Gasteiger partial charge in [0.05, 0.1) is 24.4 Å². The average Bonchev–Trinajstić information content (AvgIpc) is 3.23. The summed E-state index contributed by atoms with van der Waals surface area (Å²) in [6.07, 6.45) is 2.22. The molecule has 0 radical (unpaired) electrons. The van der Waals surface area contributed by atoms with Crippen LogP contribution in [0.25, 0.3) is 11.3 Å². The lowest BCUT2D eigenvalue weighted by Crippen LogP contribution is -2.43. The highest BCUT2D eigenvalue weighted by Gasteiger charge is 2.18. The summed E-state index contributed by atoms with van der Waals surface area (Å²) in [5.41, 5.74) is 8.44. The fourth-order valence-electron chi connectivity index (χ4n) is 3.28. The molecule has 1 unspecified atom stereocenters. The summed E-state index contributed by atoms with van der Waals surface area (Å²) in [5.74, 6) is 0.218. The molecule has 1 heterocycles. The van der Waals surface area contributed by atoms with Gasteiger partial charge in [0.2, 0.25) is 5.91 Å². The van der Waals surface area contributed by atoms with Crippen molar-refractivity contribution in [2.24, 2.45) is 16.6 Å². The van der Waals surface area contributed by atoms with Gasteiger partial charge in [-0.2, -0.15) is 0 Å². The number of carbonyl (C=O) groups excluding carboxylic acids is 1. The number of nitrogens with zero attached hydrogens (tertiary/aromatic N) is 3. The first-order valence-electron chi connectivity index (χ1n) is 10.0. The number of guanidine groups is 1. The second kappa shape index (κ2) is 12.2. The number of aromatic nitrogens is 2. The molecule has 0 bridgehead atoms. The molecule has 9 heteroatoms. The van der Waals surface area contributed by atoms with Gasteiger partial charge in [0.1, 0.15) is 11.6 Å². The van der Waals surface area contributed by atoms with Crippen LogP contribution in [0.3, 0.4) is 0 Å². The number of amides is 1. The predicted molar refractivity (Wildman–Crippen MR) is 135 cm³/mol. The number of carbonyl (C=O) groups is 1. The fraction of sp³-hybridized carbons (Fsp3) is 0.261.